The van der Waals surface area contributed by atoms with E-state index in [1.807, 2.05) is 0 Å². The number of urea groups is 1. The molecule has 1 aromatic rings. The van der Waals surface area contributed by atoms with Crippen molar-refractivity contribution < 1.29 is 27.5 Å². The number of hydrogen-bond donors (Lipinski definition) is 2. The van der Waals surface area contributed by atoms with E-state index in [0.29, 0.717) is 0 Å². The maximum absolute atomic E-state index is 12.1. The Labute approximate surface area is 158 Å². The topological polar surface area (TPSA) is 119 Å². The number of ether oxygens (including phenoxy) is 1. The summed E-state index contributed by atoms with van der Waals surface area (Å²) in [5.41, 5.74) is 0.105. The van der Waals surface area contributed by atoms with Gasteiger partial charge in [-0.25, -0.2) is 18.0 Å². The van der Waals surface area contributed by atoms with Crippen LogP contribution in [0, 0.1) is 0 Å². The van der Waals surface area contributed by atoms with Gasteiger partial charge in [0.15, 0.2) is 15.9 Å². The third-order valence-corrected chi connectivity index (χ3v) is 5.48. The first-order valence-corrected chi connectivity index (χ1v) is 10.7. The molecule has 9 heteroatoms. The summed E-state index contributed by atoms with van der Waals surface area (Å²) >= 11 is 0. The number of amides is 3. The average Bonchev–Trinajstić information content (AvgIpc) is 2.61. The van der Waals surface area contributed by atoms with Gasteiger partial charge < -0.3 is 10.1 Å². The fraction of sp³-hybridized carbons (Fsp3) is 0.500. The van der Waals surface area contributed by atoms with Gasteiger partial charge in [0, 0.05) is 12.3 Å². The molecule has 0 saturated heterocycles. The molecule has 1 aromatic carbocycles. The van der Waals surface area contributed by atoms with E-state index < -0.39 is 33.8 Å². The maximum atomic E-state index is 12.1. The average molecular weight is 396 g/mol. The molecule has 0 spiro atoms. The Morgan fingerprint density at radius 2 is 1.67 bits per heavy atom. The molecule has 2 rings (SSSR count). The highest BCUT2D eigenvalue weighted by Gasteiger charge is 2.23. The summed E-state index contributed by atoms with van der Waals surface area (Å²) in [6.07, 6.45) is 4.90. The van der Waals surface area contributed by atoms with Gasteiger partial charge in [0.25, 0.3) is 5.91 Å². The summed E-state index contributed by atoms with van der Waals surface area (Å²) in [4.78, 5) is 36.0. The van der Waals surface area contributed by atoms with Crippen LogP contribution in [0.25, 0.3) is 0 Å². The quantitative estimate of drug-likeness (QED) is 0.733. The van der Waals surface area contributed by atoms with Crippen molar-refractivity contribution in [2.45, 2.75) is 56.1 Å². The summed E-state index contributed by atoms with van der Waals surface area (Å²) in [5, 5.41) is 4.91. The van der Waals surface area contributed by atoms with Gasteiger partial charge in [0.1, 0.15) is 0 Å². The Morgan fingerprint density at radius 3 is 2.22 bits per heavy atom. The number of esters is 1. The number of nitrogens with one attached hydrogen (secondary N) is 2. The Balaban J connectivity index is 1.85. The number of rotatable bonds is 5. The molecule has 3 amide bonds. The van der Waals surface area contributed by atoms with E-state index in [-0.39, 0.29) is 16.5 Å². The SMILES string of the molecule is C[C@H](OC(=O)c1ccc(S(C)(=O)=O)cc1)C(=O)NC(=O)NC1CCCCC1. The molecule has 0 aliphatic heterocycles. The van der Waals surface area contributed by atoms with Gasteiger partial charge in [0.05, 0.1) is 10.5 Å². The van der Waals surface area contributed by atoms with E-state index in [9.17, 15) is 22.8 Å². The Morgan fingerprint density at radius 1 is 1.07 bits per heavy atom. The molecule has 0 heterocycles. The van der Waals surface area contributed by atoms with Crippen LogP contribution in [0.2, 0.25) is 0 Å². The van der Waals surface area contributed by atoms with Gasteiger partial charge in [-0.05, 0) is 44.0 Å². The van der Waals surface area contributed by atoms with E-state index in [1.165, 1.54) is 31.2 Å². The van der Waals surface area contributed by atoms with E-state index in [2.05, 4.69) is 10.6 Å². The molecule has 1 fully saturated rings. The largest absolute Gasteiger partial charge is 0.449 e. The van der Waals surface area contributed by atoms with Gasteiger partial charge in [0.2, 0.25) is 0 Å². The summed E-state index contributed by atoms with van der Waals surface area (Å²) in [6, 6.07) is 4.63. The molecule has 148 valence electrons. The monoisotopic (exact) mass is 396 g/mol. The third-order valence-electron chi connectivity index (χ3n) is 4.35. The third kappa shape index (κ3) is 6.35. The molecule has 0 radical (unpaired) electrons. The van der Waals surface area contributed by atoms with Crippen LogP contribution in [0.15, 0.2) is 29.2 Å². The minimum atomic E-state index is -3.37. The number of benzene rings is 1. The van der Waals surface area contributed by atoms with Gasteiger partial charge in [-0.15, -0.1) is 0 Å². The molecular formula is C18H24N2O6S. The lowest BCUT2D eigenvalue weighted by molar-refractivity contribution is -0.127. The van der Waals surface area contributed by atoms with Crippen LogP contribution in [0.1, 0.15) is 49.4 Å². The lowest BCUT2D eigenvalue weighted by atomic mass is 9.96. The summed E-state index contributed by atoms with van der Waals surface area (Å²) in [6.45, 7) is 1.35. The predicted molar refractivity (Wildman–Crippen MR) is 98.0 cm³/mol. The molecule has 1 atom stereocenters. The lowest BCUT2D eigenvalue weighted by Crippen LogP contribution is -2.48. The van der Waals surface area contributed by atoms with Crippen molar-refractivity contribution >= 4 is 27.7 Å². The van der Waals surface area contributed by atoms with Crippen LogP contribution in [0.5, 0.6) is 0 Å². The zero-order valence-electron chi connectivity index (χ0n) is 15.4. The van der Waals surface area contributed by atoms with Crippen molar-refractivity contribution in [3.05, 3.63) is 29.8 Å². The second-order valence-electron chi connectivity index (χ2n) is 6.64. The Kier molecular flexibility index (Phi) is 6.95. The van der Waals surface area contributed by atoms with Crippen molar-refractivity contribution in [2.75, 3.05) is 6.26 Å². The van der Waals surface area contributed by atoms with Crippen LogP contribution >= 0.6 is 0 Å². The van der Waals surface area contributed by atoms with Crippen molar-refractivity contribution in [2.24, 2.45) is 0 Å². The molecular weight excluding hydrogens is 372 g/mol. The minimum Gasteiger partial charge on any atom is -0.449 e. The summed E-state index contributed by atoms with van der Waals surface area (Å²) < 4.78 is 27.9. The van der Waals surface area contributed by atoms with Gasteiger partial charge in [-0.2, -0.15) is 0 Å². The second kappa shape index (κ2) is 8.98. The highest BCUT2D eigenvalue weighted by atomic mass is 32.2. The normalized spacial score (nSPS) is 16.2. The Bertz CT molecular complexity index is 798. The zero-order valence-corrected chi connectivity index (χ0v) is 16.2. The maximum Gasteiger partial charge on any atom is 0.338 e. The second-order valence-corrected chi connectivity index (χ2v) is 8.66. The first-order valence-electron chi connectivity index (χ1n) is 8.79. The van der Waals surface area contributed by atoms with E-state index in [1.54, 1.807) is 0 Å². The summed E-state index contributed by atoms with van der Waals surface area (Å²) in [7, 11) is -3.37. The highest BCUT2D eigenvalue weighted by molar-refractivity contribution is 7.90. The standard InChI is InChI=1S/C18H24N2O6S/c1-12(16(21)20-18(23)19-14-6-4-3-5-7-14)26-17(22)13-8-10-15(11-9-13)27(2,24)25/h8-12,14H,3-7H2,1-2H3,(H2,19,20,21,23)/t12-/m0/s1. The van der Waals surface area contributed by atoms with Crippen LogP contribution in [-0.4, -0.2) is 44.7 Å². The zero-order chi connectivity index (χ0) is 20.0. The van der Waals surface area contributed by atoms with Gasteiger partial charge in [-0.3, -0.25) is 10.1 Å². The predicted octanol–water partition coefficient (Wildman–Crippen LogP) is 1.79. The van der Waals surface area contributed by atoms with Crippen LogP contribution in [-0.2, 0) is 19.4 Å². The Hall–Kier alpha value is -2.42. The number of carbonyl (C=O) groups is 3. The first kappa shape index (κ1) is 20.9. The van der Waals surface area contributed by atoms with Crippen LogP contribution in [0.4, 0.5) is 4.79 Å². The lowest BCUT2D eigenvalue weighted by Gasteiger charge is -2.23. The van der Waals surface area contributed by atoms with Crippen molar-refractivity contribution in [3.63, 3.8) is 0 Å². The van der Waals surface area contributed by atoms with E-state index in [4.69, 9.17) is 4.74 Å². The van der Waals surface area contributed by atoms with E-state index >= 15 is 0 Å². The van der Waals surface area contributed by atoms with Crippen LogP contribution < -0.4 is 10.6 Å². The summed E-state index contributed by atoms with van der Waals surface area (Å²) in [5.74, 6) is -1.52. The molecule has 27 heavy (non-hydrogen) atoms. The molecule has 8 nitrogen and oxygen atoms in total. The molecule has 1 aliphatic rings. The molecule has 0 aromatic heterocycles. The number of sulfone groups is 1. The molecule has 1 aliphatic carbocycles. The number of carbonyl (C=O) groups excluding carboxylic acids is 3. The molecule has 0 unspecified atom stereocenters. The number of hydrogen-bond acceptors (Lipinski definition) is 6. The highest BCUT2D eigenvalue weighted by Crippen LogP contribution is 2.17. The van der Waals surface area contributed by atoms with Gasteiger partial charge in [-0.1, -0.05) is 19.3 Å². The van der Waals surface area contributed by atoms with Crippen molar-refractivity contribution in [1.29, 1.82) is 0 Å². The van der Waals surface area contributed by atoms with Gasteiger partial charge >= 0.3 is 12.0 Å². The smallest absolute Gasteiger partial charge is 0.338 e. The molecule has 2 N–H and O–H groups in total. The van der Waals surface area contributed by atoms with E-state index in [0.717, 1.165) is 38.4 Å². The fourth-order valence-corrected chi connectivity index (χ4v) is 3.43. The van der Waals surface area contributed by atoms with Crippen molar-refractivity contribution in [3.8, 4) is 0 Å². The first-order chi connectivity index (χ1) is 12.7. The molecule has 0 bridgehead atoms. The number of imide groups is 1. The minimum absolute atomic E-state index is 0.0535. The van der Waals surface area contributed by atoms with Crippen molar-refractivity contribution in [1.82, 2.24) is 10.6 Å². The fourth-order valence-electron chi connectivity index (χ4n) is 2.80. The molecule has 1 saturated carbocycles. The van der Waals surface area contributed by atoms with Crippen LogP contribution in [0.3, 0.4) is 0 Å².